The molecule has 1 N–H and O–H groups in total. The van der Waals surface area contributed by atoms with Crippen LogP contribution in [0.25, 0.3) is 0 Å². The van der Waals surface area contributed by atoms with E-state index in [4.69, 9.17) is 20.8 Å². The van der Waals surface area contributed by atoms with Gasteiger partial charge in [-0.1, -0.05) is 24.4 Å². The second kappa shape index (κ2) is 10.1. The van der Waals surface area contributed by atoms with Crippen LogP contribution in [0, 0.1) is 10.1 Å². The molecule has 2 aromatic rings. The summed E-state index contributed by atoms with van der Waals surface area (Å²) in [4.78, 5) is 33.8. The van der Waals surface area contributed by atoms with Gasteiger partial charge in [-0.25, -0.2) is 13.2 Å². The number of rotatable bonds is 7. The second-order valence-electron chi connectivity index (χ2n) is 6.98. The average molecular weight is 486 g/mol. The van der Waals surface area contributed by atoms with Crippen molar-refractivity contribution >= 4 is 45.1 Å². The zero-order chi connectivity index (χ0) is 23.3. The topological polar surface area (TPSA) is 149 Å². The van der Waals surface area contributed by atoms with Gasteiger partial charge in [-0.3, -0.25) is 14.9 Å². The fourth-order valence-corrected chi connectivity index (χ4v) is 4.82. The molecule has 172 valence electrons. The predicted molar refractivity (Wildman–Crippen MR) is 113 cm³/mol. The Labute approximate surface area is 188 Å². The molecule has 0 radical (unpaired) electrons. The maximum atomic E-state index is 13.0. The first-order chi connectivity index (χ1) is 15.2. The van der Waals surface area contributed by atoms with E-state index >= 15 is 0 Å². The van der Waals surface area contributed by atoms with Crippen molar-refractivity contribution in [3.8, 4) is 0 Å². The number of furan rings is 1. The summed E-state index contributed by atoms with van der Waals surface area (Å²) >= 11 is 6.08. The number of carbonyl (C=O) groups excluding carboxylic acids is 2. The van der Waals surface area contributed by atoms with E-state index in [0.29, 0.717) is 13.1 Å². The van der Waals surface area contributed by atoms with Crippen molar-refractivity contribution in [1.82, 2.24) is 4.31 Å². The summed E-state index contributed by atoms with van der Waals surface area (Å²) in [7, 11) is -3.76. The van der Waals surface area contributed by atoms with Gasteiger partial charge >= 0.3 is 11.9 Å². The Hall–Kier alpha value is -2.96. The highest BCUT2D eigenvalue weighted by atomic mass is 35.5. The largest absolute Gasteiger partial charge is 0.450 e. The van der Waals surface area contributed by atoms with Crippen LogP contribution >= 0.6 is 11.6 Å². The lowest BCUT2D eigenvalue weighted by Gasteiger charge is -2.20. The summed E-state index contributed by atoms with van der Waals surface area (Å²) in [5.41, 5.74) is 0.0391. The van der Waals surface area contributed by atoms with Gasteiger partial charge in [0.25, 0.3) is 5.91 Å². The Morgan fingerprint density at radius 2 is 1.84 bits per heavy atom. The van der Waals surface area contributed by atoms with Gasteiger partial charge in [0.2, 0.25) is 15.8 Å². The first-order valence-electron chi connectivity index (χ1n) is 9.69. The van der Waals surface area contributed by atoms with Crippen molar-refractivity contribution in [3.63, 3.8) is 0 Å². The maximum Gasteiger partial charge on any atom is 0.433 e. The number of sulfonamides is 1. The molecule has 3 rings (SSSR count). The number of esters is 1. The highest BCUT2D eigenvalue weighted by Gasteiger charge is 2.26. The van der Waals surface area contributed by atoms with Crippen LogP contribution in [-0.2, 0) is 19.6 Å². The van der Waals surface area contributed by atoms with Gasteiger partial charge in [0.05, 0.1) is 21.7 Å². The molecule has 1 aliphatic rings. The van der Waals surface area contributed by atoms with Gasteiger partial charge in [0, 0.05) is 13.1 Å². The van der Waals surface area contributed by atoms with Gasteiger partial charge < -0.3 is 14.5 Å². The van der Waals surface area contributed by atoms with Gasteiger partial charge in [-0.15, -0.1) is 0 Å². The molecule has 1 aromatic heterocycles. The molecule has 0 bridgehead atoms. The minimum atomic E-state index is -3.76. The van der Waals surface area contributed by atoms with Crippen molar-refractivity contribution < 1.29 is 32.1 Å². The molecule has 1 saturated heterocycles. The number of anilines is 1. The van der Waals surface area contributed by atoms with Crippen molar-refractivity contribution in [2.24, 2.45) is 0 Å². The number of carbonyl (C=O) groups is 2. The SMILES string of the molecule is O=C(COC(=O)c1ccc([N+](=O)[O-])o1)Nc1cc(S(=O)(=O)N2CCCCCC2)ccc1Cl. The van der Waals surface area contributed by atoms with Crippen molar-refractivity contribution in [2.45, 2.75) is 30.6 Å². The van der Waals surface area contributed by atoms with Crippen LogP contribution in [0.5, 0.6) is 0 Å². The molecule has 0 atom stereocenters. The van der Waals surface area contributed by atoms with E-state index in [1.54, 1.807) is 0 Å². The third kappa shape index (κ3) is 5.64. The predicted octanol–water partition coefficient (Wildman–Crippen LogP) is 3.20. The van der Waals surface area contributed by atoms with Crippen LogP contribution in [-0.4, -0.2) is 49.2 Å². The van der Waals surface area contributed by atoms with Gasteiger partial charge in [-0.2, -0.15) is 4.31 Å². The molecule has 1 amide bonds. The molecular weight excluding hydrogens is 466 g/mol. The lowest BCUT2D eigenvalue weighted by molar-refractivity contribution is -0.402. The molecular formula is C19H20ClN3O8S. The highest BCUT2D eigenvalue weighted by Crippen LogP contribution is 2.28. The molecule has 0 unspecified atom stereocenters. The van der Waals surface area contributed by atoms with Crippen molar-refractivity contribution in [2.75, 3.05) is 25.0 Å². The van der Waals surface area contributed by atoms with Crippen LogP contribution in [0.1, 0.15) is 36.2 Å². The summed E-state index contributed by atoms with van der Waals surface area (Å²) in [5.74, 6) is -2.94. The standard InChI is InChI=1S/C19H20ClN3O8S/c20-14-6-5-13(32(28,29)22-9-3-1-2-4-10-22)11-15(14)21-17(24)12-30-19(25)16-7-8-18(31-16)23(26)27/h5-8,11H,1-4,9-10,12H2,(H,21,24). The number of hydrogen-bond donors (Lipinski definition) is 1. The van der Waals surface area contributed by atoms with Gasteiger partial charge in [-0.05, 0) is 37.1 Å². The van der Waals surface area contributed by atoms with E-state index in [1.807, 2.05) is 0 Å². The summed E-state index contributed by atoms with van der Waals surface area (Å²) in [6.45, 7) is 0.105. The quantitative estimate of drug-likeness (QED) is 0.357. The zero-order valence-electron chi connectivity index (χ0n) is 16.8. The lowest BCUT2D eigenvalue weighted by atomic mass is 10.2. The number of hydrogen-bond acceptors (Lipinski definition) is 8. The molecule has 0 spiro atoms. The molecule has 2 heterocycles. The lowest BCUT2D eigenvalue weighted by Crippen LogP contribution is -2.32. The zero-order valence-corrected chi connectivity index (χ0v) is 18.4. The Morgan fingerprint density at radius 3 is 2.47 bits per heavy atom. The van der Waals surface area contributed by atoms with E-state index < -0.39 is 45.1 Å². The molecule has 32 heavy (non-hydrogen) atoms. The van der Waals surface area contributed by atoms with E-state index in [9.17, 15) is 28.1 Å². The van der Waals surface area contributed by atoms with Crippen LogP contribution in [0.15, 0.2) is 39.6 Å². The monoisotopic (exact) mass is 485 g/mol. The van der Waals surface area contributed by atoms with E-state index in [0.717, 1.165) is 37.8 Å². The van der Waals surface area contributed by atoms with E-state index in [1.165, 1.54) is 22.5 Å². The smallest absolute Gasteiger partial charge is 0.433 e. The Balaban J connectivity index is 1.65. The number of nitrogens with one attached hydrogen (secondary N) is 1. The van der Waals surface area contributed by atoms with Crippen molar-refractivity contribution in [3.05, 3.63) is 51.2 Å². The number of nitrogens with zero attached hydrogens (tertiary/aromatic N) is 2. The third-order valence-corrected chi connectivity index (χ3v) is 6.95. The summed E-state index contributed by atoms with van der Waals surface area (Å²) in [5, 5.41) is 13.1. The minimum absolute atomic E-state index is 0.0148. The van der Waals surface area contributed by atoms with E-state index in [2.05, 4.69) is 5.32 Å². The normalized spacial score (nSPS) is 15.0. The highest BCUT2D eigenvalue weighted by molar-refractivity contribution is 7.89. The first-order valence-corrected chi connectivity index (χ1v) is 11.5. The molecule has 1 fully saturated rings. The van der Waals surface area contributed by atoms with Gasteiger partial charge in [0.15, 0.2) is 6.61 Å². The molecule has 1 aliphatic heterocycles. The fraction of sp³-hybridized carbons (Fsp3) is 0.368. The fourth-order valence-electron chi connectivity index (χ4n) is 3.12. The molecule has 13 heteroatoms. The van der Waals surface area contributed by atoms with Crippen LogP contribution in [0.2, 0.25) is 5.02 Å². The van der Waals surface area contributed by atoms with Crippen LogP contribution in [0.4, 0.5) is 11.6 Å². The van der Waals surface area contributed by atoms with Gasteiger partial charge in [0.1, 0.15) is 4.92 Å². The number of nitro groups is 1. The van der Waals surface area contributed by atoms with Crippen molar-refractivity contribution in [1.29, 1.82) is 0 Å². The number of amides is 1. The Bertz CT molecular complexity index is 1120. The Kier molecular flexibility index (Phi) is 7.48. The summed E-state index contributed by atoms with van der Waals surface area (Å²) in [6.07, 6.45) is 3.50. The number of benzene rings is 1. The minimum Gasteiger partial charge on any atom is -0.450 e. The molecule has 0 aliphatic carbocycles. The molecule has 1 aromatic carbocycles. The Morgan fingerprint density at radius 1 is 1.16 bits per heavy atom. The average Bonchev–Trinajstić information content (AvgIpc) is 3.09. The van der Waals surface area contributed by atoms with E-state index in [-0.39, 0.29) is 15.6 Å². The van der Waals surface area contributed by atoms with Crippen LogP contribution in [0.3, 0.4) is 0 Å². The summed E-state index contributed by atoms with van der Waals surface area (Å²) < 4.78 is 36.8. The number of halogens is 1. The summed E-state index contributed by atoms with van der Waals surface area (Å²) in [6, 6.07) is 6.00. The third-order valence-electron chi connectivity index (χ3n) is 4.72. The first kappa shape index (κ1) is 23.7. The number of ether oxygens (including phenoxy) is 1. The molecule has 11 nitrogen and oxygen atoms in total. The molecule has 0 saturated carbocycles. The maximum absolute atomic E-state index is 13.0. The second-order valence-corrected chi connectivity index (χ2v) is 9.32. The van der Waals surface area contributed by atoms with Crippen LogP contribution < -0.4 is 5.32 Å².